The van der Waals surface area contributed by atoms with Gasteiger partial charge in [0.15, 0.2) is 12.7 Å². The number of ether oxygens (including phenoxy) is 3. The van der Waals surface area contributed by atoms with Crippen molar-refractivity contribution >= 4 is 35.1 Å². The van der Waals surface area contributed by atoms with Crippen LogP contribution in [0, 0.1) is 5.82 Å². The number of anilines is 1. The van der Waals surface area contributed by atoms with Crippen molar-refractivity contribution in [2.45, 2.75) is 37.9 Å². The number of aliphatic hydroxyl groups excluding tert-OH is 1. The number of rotatable bonds is 5. The SMILES string of the molecule is O=C(COc1cc(N2C(=O)C3=C(CCCC3)C2=O)c(F)cc1Cl)OC1COCC1O. The zero-order valence-corrected chi connectivity index (χ0v) is 16.6. The predicted octanol–water partition coefficient (Wildman–Crippen LogP) is 1.90. The number of imide groups is 1. The summed E-state index contributed by atoms with van der Waals surface area (Å²) in [5.74, 6) is -2.81. The molecule has 1 saturated heterocycles. The first-order valence-corrected chi connectivity index (χ1v) is 9.92. The van der Waals surface area contributed by atoms with Crippen molar-refractivity contribution in [3.8, 4) is 5.75 Å². The average molecular weight is 440 g/mol. The van der Waals surface area contributed by atoms with Crippen LogP contribution in [0.2, 0.25) is 5.02 Å². The standard InChI is InChI=1S/C20H19ClFNO7/c21-12-5-13(22)14(23-19(26)10-3-1-2-4-11(10)20(23)27)6-16(12)29-9-18(25)30-17-8-28-7-15(17)24/h5-6,15,17,24H,1-4,7-9H2. The molecule has 1 fully saturated rings. The number of carbonyl (C=O) groups excluding carboxylic acids is 3. The predicted molar refractivity (Wildman–Crippen MR) is 102 cm³/mol. The number of nitrogens with zero attached hydrogens (tertiary/aromatic N) is 1. The van der Waals surface area contributed by atoms with Crippen molar-refractivity contribution < 1.29 is 38.1 Å². The lowest BCUT2D eigenvalue weighted by Crippen LogP contribution is -2.32. The molecule has 0 spiro atoms. The fourth-order valence-electron chi connectivity index (χ4n) is 3.73. The topological polar surface area (TPSA) is 102 Å². The molecule has 0 radical (unpaired) electrons. The number of hydrogen-bond acceptors (Lipinski definition) is 7. The fourth-order valence-corrected chi connectivity index (χ4v) is 3.94. The summed E-state index contributed by atoms with van der Waals surface area (Å²) in [6.45, 7) is -0.419. The second-order valence-corrected chi connectivity index (χ2v) is 7.67. The Morgan fingerprint density at radius 2 is 1.87 bits per heavy atom. The van der Waals surface area contributed by atoms with Gasteiger partial charge in [0.25, 0.3) is 11.8 Å². The number of amides is 2. The molecular formula is C20H19ClFNO7. The average Bonchev–Trinajstić information content (AvgIpc) is 3.23. The molecule has 1 aliphatic carbocycles. The van der Waals surface area contributed by atoms with Crippen LogP contribution in [-0.4, -0.2) is 54.9 Å². The molecule has 0 saturated carbocycles. The first-order valence-electron chi connectivity index (χ1n) is 9.54. The van der Waals surface area contributed by atoms with Gasteiger partial charge in [0.2, 0.25) is 0 Å². The molecule has 2 heterocycles. The minimum absolute atomic E-state index is 0.0713. The molecule has 2 aliphatic heterocycles. The Hall–Kier alpha value is -2.49. The molecule has 4 rings (SSSR count). The van der Waals surface area contributed by atoms with Crippen LogP contribution in [0.1, 0.15) is 25.7 Å². The lowest BCUT2D eigenvalue weighted by Gasteiger charge is -2.18. The molecule has 0 aromatic heterocycles. The van der Waals surface area contributed by atoms with Crippen molar-refractivity contribution in [2.24, 2.45) is 0 Å². The summed E-state index contributed by atoms with van der Waals surface area (Å²) in [6, 6.07) is 2.04. The van der Waals surface area contributed by atoms with Gasteiger partial charge >= 0.3 is 5.97 Å². The third-order valence-corrected chi connectivity index (χ3v) is 5.56. The lowest BCUT2D eigenvalue weighted by molar-refractivity contribution is -0.155. The first kappa shape index (κ1) is 20.8. The van der Waals surface area contributed by atoms with Gasteiger partial charge in [0.1, 0.15) is 17.7 Å². The number of hydrogen-bond donors (Lipinski definition) is 1. The van der Waals surface area contributed by atoms with Crippen molar-refractivity contribution in [1.82, 2.24) is 0 Å². The van der Waals surface area contributed by atoms with E-state index in [4.69, 9.17) is 25.8 Å². The van der Waals surface area contributed by atoms with E-state index in [1.54, 1.807) is 0 Å². The molecule has 2 unspecified atom stereocenters. The lowest BCUT2D eigenvalue weighted by atomic mass is 9.93. The van der Waals surface area contributed by atoms with Crippen molar-refractivity contribution in [3.63, 3.8) is 0 Å². The summed E-state index contributed by atoms with van der Waals surface area (Å²) in [6.07, 6.45) is 0.853. The monoisotopic (exact) mass is 439 g/mol. The third kappa shape index (κ3) is 3.80. The van der Waals surface area contributed by atoms with Crippen LogP contribution in [0.25, 0.3) is 0 Å². The van der Waals surface area contributed by atoms with Gasteiger partial charge in [0.05, 0.1) is 23.9 Å². The van der Waals surface area contributed by atoms with E-state index in [1.165, 1.54) is 0 Å². The molecule has 2 amide bonds. The van der Waals surface area contributed by atoms with Crippen LogP contribution < -0.4 is 9.64 Å². The molecule has 30 heavy (non-hydrogen) atoms. The highest BCUT2D eigenvalue weighted by Gasteiger charge is 2.41. The maximum absolute atomic E-state index is 14.6. The molecule has 1 aromatic carbocycles. The van der Waals surface area contributed by atoms with Gasteiger partial charge in [-0.05, 0) is 31.7 Å². The summed E-state index contributed by atoms with van der Waals surface area (Å²) in [5.41, 5.74) is 0.555. The van der Waals surface area contributed by atoms with Crippen LogP contribution in [0.15, 0.2) is 23.3 Å². The highest BCUT2D eigenvalue weighted by molar-refractivity contribution is 6.34. The zero-order valence-electron chi connectivity index (χ0n) is 15.9. The molecule has 1 aromatic rings. The van der Waals surface area contributed by atoms with E-state index < -0.39 is 42.4 Å². The second-order valence-electron chi connectivity index (χ2n) is 7.27. The van der Waals surface area contributed by atoms with Crippen LogP contribution in [0.4, 0.5) is 10.1 Å². The van der Waals surface area contributed by atoms with Gasteiger partial charge in [-0.25, -0.2) is 14.1 Å². The van der Waals surface area contributed by atoms with E-state index in [1.807, 2.05) is 0 Å². The maximum Gasteiger partial charge on any atom is 0.344 e. The molecule has 3 aliphatic rings. The number of aliphatic hydroxyl groups is 1. The molecule has 8 nitrogen and oxygen atoms in total. The van der Waals surface area contributed by atoms with E-state index >= 15 is 0 Å². The van der Waals surface area contributed by atoms with Gasteiger partial charge in [-0.2, -0.15) is 0 Å². The minimum atomic E-state index is -0.916. The van der Waals surface area contributed by atoms with Gasteiger partial charge in [-0.3, -0.25) is 9.59 Å². The fraction of sp³-hybridized carbons (Fsp3) is 0.450. The number of halogens is 2. The number of benzene rings is 1. The van der Waals surface area contributed by atoms with Crippen molar-refractivity contribution in [1.29, 1.82) is 0 Å². The van der Waals surface area contributed by atoms with E-state index in [-0.39, 0.29) is 29.7 Å². The summed E-state index contributed by atoms with van der Waals surface area (Å²) in [4.78, 5) is 38.1. The Labute approximate surface area is 176 Å². The number of esters is 1. The van der Waals surface area contributed by atoms with E-state index in [0.29, 0.717) is 24.0 Å². The van der Waals surface area contributed by atoms with Gasteiger partial charge in [-0.1, -0.05) is 11.6 Å². The highest BCUT2D eigenvalue weighted by Crippen LogP contribution is 2.39. The Balaban J connectivity index is 1.50. The summed E-state index contributed by atoms with van der Waals surface area (Å²) >= 11 is 6.00. The molecular weight excluding hydrogens is 421 g/mol. The maximum atomic E-state index is 14.6. The molecule has 2 atom stereocenters. The minimum Gasteiger partial charge on any atom is -0.480 e. The summed E-state index contributed by atoms with van der Waals surface area (Å²) < 4.78 is 30.0. The Kier molecular flexibility index (Phi) is 5.77. The van der Waals surface area contributed by atoms with Crippen LogP contribution >= 0.6 is 11.6 Å². The van der Waals surface area contributed by atoms with Crippen LogP contribution in [0.5, 0.6) is 5.75 Å². The van der Waals surface area contributed by atoms with Gasteiger partial charge < -0.3 is 19.3 Å². The Morgan fingerprint density at radius 3 is 2.47 bits per heavy atom. The quantitative estimate of drug-likeness (QED) is 0.552. The van der Waals surface area contributed by atoms with Gasteiger partial charge in [-0.15, -0.1) is 0 Å². The molecule has 10 heteroatoms. The summed E-state index contributed by atoms with van der Waals surface area (Å²) in [7, 11) is 0. The summed E-state index contributed by atoms with van der Waals surface area (Å²) in [5, 5.41) is 9.48. The van der Waals surface area contributed by atoms with E-state index in [2.05, 4.69) is 0 Å². The van der Waals surface area contributed by atoms with E-state index in [0.717, 1.165) is 29.9 Å². The highest BCUT2D eigenvalue weighted by atomic mass is 35.5. The molecule has 0 bridgehead atoms. The molecule has 1 N–H and O–H groups in total. The smallest absolute Gasteiger partial charge is 0.344 e. The van der Waals surface area contributed by atoms with E-state index in [9.17, 15) is 23.9 Å². The number of carbonyl (C=O) groups is 3. The van der Waals surface area contributed by atoms with Crippen molar-refractivity contribution in [3.05, 3.63) is 34.1 Å². The Bertz CT molecular complexity index is 919. The zero-order chi connectivity index (χ0) is 21.4. The van der Waals surface area contributed by atoms with Crippen molar-refractivity contribution in [2.75, 3.05) is 24.7 Å². The molecule has 160 valence electrons. The third-order valence-electron chi connectivity index (χ3n) is 5.26. The van der Waals surface area contributed by atoms with Crippen LogP contribution in [-0.2, 0) is 23.9 Å². The first-order chi connectivity index (χ1) is 14.4. The van der Waals surface area contributed by atoms with Gasteiger partial charge in [0, 0.05) is 17.2 Å². The van der Waals surface area contributed by atoms with Crippen LogP contribution in [0.3, 0.4) is 0 Å². The largest absolute Gasteiger partial charge is 0.480 e. The Morgan fingerprint density at radius 1 is 1.20 bits per heavy atom. The second kappa shape index (κ2) is 8.33. The normalized spacial score (nSPS) is 23.8.